The molecule has 106 valence electrons. The fourth-order valence-electron chi connectivity index (χ4n) is 1.86. The number of carbonyl (C=O) groups excluding carboxylic acids is 1. The molecule has 1 amide bonds. The summed E-state index contributed by atoms with van der Waals surface area (Å²) in [6.07, 6.45) is 1.73. The Balaban J connectivity index is 2.07. The molecule has 3 N–H and O–H groups in total. The number of hydrogen-bond donors (Lipinski definition) is 2. The van der Waals surface area contributed by atoms with Gasteiger partial charge in [-0.05, 0) is 38.5 Å². The highest BCUT2D eigenvalue weighted by Crippen LogP contribution is 2.10. The first-order valence-electron chi connectivity index (χ1n) is 6.49. The number of aromatic nitrogens is 3. The van der Waals surface area contributed by atoms with Crippen molar-refractivity contribution < 1.29 is 4.79 Å². The number of rotatable bonds is 4. The highest BCUT2D eigenvalue weighted by atomic mass is 16.2. The monoisotopic (exact) mass is 273 g/mol. The van der Waals surface area contributed by atoms with Gasteiger partial charge >= 0.3 is 0 Å². The van der Waals surface area contributed by atoms with Gasteiger partial charge in [0.25, 0.3) is 0 Å². The van der Waals surface area contributed by atoms with Crippen molar-refractivity contribution in [1.82, 2.24) is 20.1 Å². The standard InChI is InChI=1S/C14H19N5O/c1-9-6-10(2)19(18-9)13-5-4-12(7-16-13)8-17-14(20)11(3)15/h4-7,11H,8,15H2,1-3H3,(H,17,20). The maximum Gasteiger partial charge on any atom is 0.236 e. The minimum atomic E-state index is -0.503. The summed E-state index contributed by atoms with van der Waals surface area (Å²) in [4.78, 5) is 15.7. The Morgan fingerprint density at radius 3 is 2.70 bits per heavy atom. The summed E-state index contributed by atoms with van der Waals surface area (Å²) in [6, 6.07) is 5.29. The lowest BCUT2D eigenvalue weighted by Gasteiger charge is -2.08. The van der Waals surface area contributed by atoms with Crippen molar-refractivity contribution in [3.8, 4) is 5.82 Å². The molecule has 1 unspecified atom stereocenters. The Bertz CT molecular complexity index is 601. The van der Waals surface area contributed by atoms with Crippen LogP contribution in [0.2, 0.25) is 0 Å². The topological polar surface area (TPSA) is 85.8 Å². The summed E-state index contributed by atoms with van der Waals surface area (Å²) in [5.74, 6) is 0.588. The Morgan fingerprint density at radius 2 is 2.20 bits per heavy atom. The third kappa shape index (κ3) is 3.21. The van der Waals surface area contributed by atoms with Crippen molar-refractivity contribution in [2.45, 2.75) is 33.4 Å². The number of nitrogens with one attached hydrogen (secondary N) is 1. The van der Waals surface area contributed by atoms with Crippen LogP contribution in [-0.2, 0) is 11.3 Å². The van der Waals surface area contributed by atoms with Gasteiger partial charge in [-0.15, -0.1) is 0 Å². The average Bonchev–Trinajstić information content (AvgIpc) is 2.75. The zero-order valence-electron chi connectivity index (χ0n) is 11.9. The Hall–Kier alpha value is -2.21. The lowest BCUT2D eigenvalue weighted by atomic mass is 10.2. The minimum absolute atomic E-state index is 0.173. The van der Waals surface area contributed by atoms with Crippen LogP contribution in [0.4, 0.5) is 0 Å². The van der Waals surface area contributed by atoms with E-state index in [0.29, 0.717) is 6.54 Å². The van der Waals surface area contributed by atoms with E-state index in [1.807, 2.05) is 32.0 Å². The molecule has 0 aliphatic rings. The fourth-order valence-corrected chi connectivity index (χ4v) is 1.86. The fraction of sp³-hybridized carbons (Fsp3) is 0.357. The number of carbonyl (C=O) groups is 1. The van der Waals surface area contributed by atoms with Gasteiger partial charge in [0.2, 0.25) is 5.91 Å². The first-order chi connectivity index (χ1) is 9.47. The third-order valence-corrected chi connectivity index (χ3v) is 2.92. The number of aryl methyl sites for hydroxylation is 2. The van der Waals surface area contributed by atoms with Crippen molar-refractivity contribution in [1.29, 1.82) is 0 Å². The molecule has 1 atom stereocenters. The molecule has 20 heavy (non-hydrogen) atoms. The number of amides is 1. The van der Waals surface area contributed by atoms with Gasteiger partial charge in [-0.1, -0.05) is 6.07 Å². The van der Waals surface area contributed by atoms with Crippen LogP contribution in [0.1, 0.15) is 23.9 Å². The third-order valence-electron chi connectivity index (χ3n) is 2.92. The van der Waals surface area contributed by atoms with Crippen molar-refractivity contribution in [2.75, 3.05) is 0 Å². The molecule has 2 heterocycles. The molecule has 0 aromatic carbocycles. The highest BCUT2D eigenvalue weighted by molar-refractivity contribution is 5.80. The second kappa shape index (κ2) is 5.83. The average molecular weight is 273 g/mol. The molecular weight excluding hydrogens is 254 g/mol. The smallest absolute Gasteiger partial charge is 0.236 e. The quantitative estimate of drug-likeness (QED) is 0.864. The van der Waals surface area contributed by atoms with Crippen LogP contribution in [0.3, 0.4) is 0 Å². The van der Waals surface area contributed by atoms with Gasteiger partial charge in [-0.3, -0.25) is 4.79 Å². The number of hydrogen-bond acceptors (Lipinski definition) is 4. The molecule has 6 heteroatoms. The van der Waals surface area contributed by atoms with Gasteiger partial charge in [0.15, 0.2) is 5.82 Å². The Kier molecular flexibility index (Phi) is 4.14. The largest absolute Gasteiger partial charge is 0.351 e. The van der Waals surface area contributed by atoms with Crippen molar-refractivity contribution in [3.05, 3.63) is 41.3 Å². The Labute approximate surface area is 118 Å². The normalized spacial score (nSPS) is 12.2. The van der Waals surface area contributed by atoms with Gasteiger partial charge in [0, 0.05) is 18.4 Å². The van der Waals surface area contributed by atoms with Gasteiger partial charge in [-0.2, -0.15) is 5.10 Å². The van der Waals surface area contributed by atoms with Gasteiger partial charge in [-0.25, -0.2) is 9.67 Å². The molecule has 0 saturated heterocycles. The zero-order chi connectivity index (χ0) is 14.7. The molecule has 0 aliphatic heterocycles. The van der Waals surface area contributed by atoms with Crippen LogP contribution in [0.25, 0.3) is 5.82 Å². The lowest BCUT2D eigenvalue weighted by Crippen LogP contribution is -2.37. The summed E-state index contributed by atoms with van der Waals surface area (Å²) >= 11 is 0. The number of pyridine rings is 1. The van der Waals surface area contributed by atoms with Crippen molar-refractivity contribution in [2.24, 2.45) is 5.73 Å². The maximum absolute atomic E-state index is 11.4. The summed E-state index contributed by atoms with van der Waals surface area (Å²) in [7, 11) is 0. The molecule has 0 saturated carbocycles. The molecule has 2 rings (SSSR count). The van der Waals surface area contributed by atoms with Gasteiger partial charge in [0.1, 0.15) is 0 Å². The highest BCUT2D eigenvalue weighted by Gasteiger charge is 2.07. The molecular formula is C14H19N5O. The predicted molar refractivity (Wildman–Crippen MR) is 76.3 cm³/mol. The van der Waals surface area contributed by atoms with Crippen molar-refractivity contribution in [3.63, 3.8) is 0 Å². The first kappa shape index (κ1) is 14.2. The molecule has 0 aliphatic carbocycles. The van der Waals surface area contributed by atoms with Crippen molar-refractivity contribution >= 4 is 5.91 Å². The minimum Gasteiger partial charge on any atom is -0.351 e. The summed E-state index contributed by atoms with van der Waals surface area (Å²) in [5.41, 5.74) is 8.39. The van der Waals surface area contributed by atoms with E-state index in [-0.39, 0.29) is 5.91 Å². The Morgan fingerprint density at radius 1 is 1.45 bits per heavy atom. The lowest BCUT2D eigenvalue weighted by molar-refractivity contribution is -0.122. The van der Waals surface area contributed by atoms with Crippen LogP contribution in [0.15, 0.2) is 24.4 Å². The molecule has 0 radical (unpaired) electrons. The van der Waals surface area contributed by atoms with Gasteiger partial charge in [0.05, 0.1) is 11.7 Å². The van der Waals surface area contributed by atoms with Crippen LogP contribution in [-0.4, -0.2) is 26.7 Å². The number of nitrogens with two attached hydrogens (primary N) is 1. The first-order valence-corrected chi connectivity index (χ1v) is 6.49. The zero-order valence-corrected chi connectivity index (χ0v) is 11.9. The second-order valence-electron chi connectivity index (χ2n) is 4.87. The predicted octanol–water partition coefficient (Wildman–Crippen LogP) is 0.848. The van der Waals surface area contributed by atoms with E-state index in [2.05, 4.69) is 15.4 Å². The second-order valence-corrected chi connectivity index (χ2v) is 4.87. The molecule has 0 spiro atoms. The molecule has 2 aromatic rings. The van der Waals surface area contributed by atoms with E-state index >= 15 is 0 Å². The van der Waals surface area contributed by atoms with E-state index in [4.69, 9.17) is 5.73 Å². The van der Waals surface area contributed by atoms with Crippen LogP contribution >= 0.6 is 0 Å². The summed E-state index contributed by atoms with van der Waals surface area (Å²) < 4.78 is 1.79. The van der Waals surface area contributed by atoms with Gasteiger partial charge < -0.3 is 11.1 Å². The molecule has 2 aromatic heterocycles. The van der Waals surface area contributed by atoms with E-state index in [0.717, 1.165) is 22.8 Å². The van der Waals surface area contributed by atoms with E-state index in [1.165, 1.54) is 0 Å². The summed E-state index contributed by atoms with van der Waals surface area (Å²) in [6.45, 7) is 6.00. The van der Waals surface area contributed by atoms with E-state index in [1.54, 1.807) is 17.8 Å². The molecule has 0 fully saturated rings. The molecule has 6 nitrogen and oxygen atoms in total. The van der Waals surface area contributed by atoms with Crippen LogP contribution in [0.5, 0.6) is 0 Å². The van der Waals surface area contributed by atoms with E-state index < -0.39 is 6.04 Å². The van der Waals surface area contributed by atoms with Crippen LogP contribution in [0, 0.1) is 13.8 Å². The maximum atomic E-state index is 11.4. The number of nitrogens with zero attached hydrogens (tertiary/aromatic N) is 3. The molecule has 0 bridgehead atoms. The van der Waals surface area contributed by atoms with Crippen LogP contribution < -0.4 is 11.1 Å². The SMILES string of the molecule is Cc1cc(C)n(-c2ccc(CNC(=O)C(C)N)cn2)n1. The summed E-state index contributed by atoms with van der Waals surface area (Å²) in [5, 5.41) is 7.12. The van der Waals surface area contributed by atoms with E-state index in [9.17, 15) is 4.79 Å².